The van der Waals surface area contributed by atoms with Crippen molar-refractivity contribution in [3.05, 3.63) is 11.9 Å². The highest BCUT2D eigenvalue weighted by Gasteiger charge is 2.35. The number of hydrogen-bond donors (Lipinski definition) is 1. The fourth-order valence-electron chi connectivity index (χ4n) is 3.16. The molecule has 20 heavy (non-hydrogen) atoms. The first-order valence-electron chi connectivity index (χ1n) is 7.77. The summed E-state index contributed by atoms with van der Waals surface area (Å²) in [5.41, 5.74) is 1.12. The van der Waals surface area contributed by atoms with Crippen LogP contribution in [0.1, 0.15) is 56.2 Å². The Hall–Kier alpha value is -1.59. The van der Waals surface area contributed by atoms with Crippen molar-refractivity contribution in [3.63, 3.8) is 0 Å². The van der Waals surface area contributed by atoms with Gasteiger partial charge < -0.3 is 10.2 Å². The summed E-state index contributed by atoms with van der Waals surface area (Å²) in [6.07, 6.45) is 9.33. The third-order valence-corrected chi connectivity index (χ3v) is 4.73. The molecule has 4 rings (SSSR count). The van der Waals surface area contributed by atoms with E-state index in [9.17, 15) is 4.79 Å². The molecule has 1 aromatic heterocycles. The van der Waals surface area contributed by atoms with Crippen molar-refractivity contribution >= 4 is 6.03 Å². The molecular formula is C14H21N5O. The van der Waals surface area contributed by atoms with E-state index in [1.807, 2.05) is 9.58 Å². The average molecular weight is 275 g/mol. The van der Waals surface area contributed by atoms with Crippen LogP contribution in [0.25, 0.3) is 0 Å². The van der Waals surface area contributed by atoms with Crippen molar-refractivity contribution in [1.29, 1.82) is 0 Å². The van der Waals surface area contributed by atoms with Gasteiger partial charge in [0.25, 0.3) is 0 Å². The first-order chi connectivity index (χ1) is 9.79. The van der Waals surface area contributed by atoms with Crippen molar-refractivity contribution < 1.29 is 4.79 Å². The van der Waals surface area contributed by atoms with Crippen molar-refractivity contribution in [1.82, 2.24) is 25.2 Å². The molecule has 3 aliphatic rings. The summed E-state index contributed by atoms with van der Waals surface area (Å²) in [7, 11) is 0. The molecule has 1 N–H and O–H groups in total. The molecule has 0 aromatic carbocycles. The molecule has 0 bridgehead atoms. The van der Waals surface area contributed by atoms with Gasteiger partial charge in [-0.05, 0) is 25.7 Å². The molecule has 1 saturated heterocycles. The van der Waals surface area contributed by atoms with Gasteiger partial charge in [0.15, 0.2) is 0 Å². The van der Waals surface area contributed by atoms with Gasteiger partial charge in [-0.15, -0.1) is 5.10 Å². The van der Waals surface area contributed by atoms with E-state index in [0.717, 1.165) is 31.6 Å². The SMILES string of the molecule is O=C(NC1CCCC1)N1CC(n2cc(C3CC3)nn2)C1. The standard InChI is InChI=1S/C14H21N5O/c20-14(15-11-3-1-2-4-11)18-7-12(8-18)19-9-13(16-17-19)10-5-6-10/h9-12H,1-8H2,(H,15,20). The fourth-order valence-corrected chi connectivity index (χ4v) is 3.16. The van der Waals surface area contributed by atoms with Gasteiger partial charge >= 0.3 is 6.03 Å². The smallest absolute Gasteiger partial charge is 0.317 e. The molecule has 2 saturated carbocycles. The van der Waals surface area contributed by atoms with Crippen LogP contribution in [0.2, 0.25) is 0 Å². The lowest BCUT2D eigenvalue weighted by Crippen LogP contribution is -2.55. The molecule has 2 heterocycles. The average Bonchev–Trinajstić information content (AvgIpc) is 2.90. The number of rotatable bonds is 3. The third kappa shape index (κ3) is 2.27. The summed E-state index contributed by atoms with van der Waals surface area (Å²) in [6.45, 7) is 1.51. The van der Waals surface area contributed by atoms with Crippen LogP contribution in [0.15, 0.2) is 6.20 Å². The van der Waals surface area contributed by atoms with E-state index in [-0.39, 0.29) is 6.03 Å². The lowest BCUT2D eigenvalue weighted by molar-refractivity contribution is 0.115. The molecule has 2 aliphatic carbocycles. The number of amides is 2. The minimum absolute atomic E-state index is 0.0932. The van der Waals surface area contributed by atoms with Crippen molar-refractivity contribution in [2.45, 2.75) is 56.5 Å². The topological polar surface area (TPSA) is 63.1 Å². The largest absolute Gasteiger partial charge is 0.335 e. The number of urea groups is 1. The number of aromatic nitrogens is 3. The van der Waals surface area contributed by atoms with Gasteiger partial charge in [0, 0.05) is 31.2 Å². The molecule has 0 spiro atoms. The fraction of sp³-hybridized carbons (Fsp3) is 0.786. The number of carbonyl (C=O) groups excluding carboxylic acids is 1. The molecule has 1 aliphatic heterocycles. The van der Waals surface area contributed by atoms with Crippen molar-refractivity contribution in [2.24, 2.45) is 0 Å². The molecule has 0 unspecified atom stereocenters. The quantitative estimate of drug-likeness (QED) is 0.912. The lowest BCUT2D eigenvalue weighted by atomic mass is 10.1. The highest BCUT2D eigenvalue weighted by atomic mass is 16.2. The number of hydrogen-bond acceptors (Lipinski definition) is 3. The number of nitrogens with zero attached hydrogens (tertiary/aromatic N) is 4. The zero-order chi connectivity index (χ0) is 13.5. The Balaban J connectivity index is 1.28. The molecule has 108 valence electrons. The third-order valence-electron chi connectivity index (χ3n) is 4.73. The molecule has 2 amide bonds. The first-order valence-corrected chi connectivity index (χ1v) is 7.77. The van der Waals surface area contributed by atoms with Gasteiger partial charge in [0.05, 0.1) is 11.7 Å². The van der Waals surface area contributed by atoms with E-state index in [1.165, 1.54) is 25.7 Å². The Labute approximate surface area is 118 Å². The van der Waals surface area contributed by atoms with E-state index < -0.39 is 0 Å². The number of nitrogens with one attached hydrogen (secondary N) is 1. The Kier molecular flexibility index (Phi) is 2.89. The highest BCUT2D eigenvalue weighted by molar-refractivity contribution is 5.75. The van der Waals surface area contributed by atoms with Crippen LogP contribution in [-0.4, -0.2) is 45.1 Å². The van der Waals surface area contributed by atoms with Gasteiger partial charge in [-0.1, -0.05) is 18.1 Å². The maximum absolute atomic E-state index is 12.1. The van der Waals surface area contributed by atoms with Crippen LogP contribution in [0.3, 0.4) is 0 Å². The molecule has 6 nitrogen and oxygen atoms in total. The van der Waals surface area contributed by atoms with Gasteiger partial charge in [0.2, 0.25) is 0 Å². The summed E-state index contributed by atoms with van der Waals surface area (Å²) in [4.78, 5) is 13.9. The first kappa shape index (κ1) is 12.2. The summed E-state index contributed by atoms with van der Waals surface area (Å²) in [5.74, 6) is 0.644. The van der Waals surface area contributed by atoms with Gasteiger partial charge in [-0.2, -0.15) is 0 Å². The van der Waals surface area contributed by atoms with Gasteiger partial charge in [0.1, 0.15) is 0 Å². The highest BCUT2D eigenvalue weighted by Crippen LogP contribution is 2.39. The maximum atomic E-state index is 12.1. The molecule has 3 fully saturated rings. The summed E-state index contributed by atoms with van der Waals surface area (Å²) in [6, 6.07) is 0.800. The molecular weight excluding hydrogens is 254 g/mol. The summed E-state index contributed by atoms with van der Waals surface area (Å²) >= 11 is 0. The van der Waals surface area contributed by atoms with Crippen LogP contribution < -0.4 is 5.32 Å². The van der Waals surface area contributed by atoms with Crippen LogP contribution >= 0.6 is 0 Å². The monoisotopic (exact) mass is 275 g/mol. The predicted molar refractivity (Wildman–Crippen MR) is 73.4 cm³/mol. The Morgan fingerprint density at radius 3 is 2.65 bits per heavy atom. The van der Waals surface area contributed by atoms with Crippen LogP contribution in [0.4, 0.5) is 4.79 Å². The summed E-state index contributed by atoms with van der Waals surface area (Å²) in [5, 5.41) is 11.6. The zero-order valence-corrected chi connectivity index (χ0v) is 11.7. The van der Waals surface area contributed by atoms with Gasteiger partial charge in [-0.25, -0.2) is 9.48 Å². The molecule has 0 radical (unpaired) electrons. The second-order valence-electron chi connectivity index (χ2n) is 6.39. The molecule has 6 heteroatoms. The second kappa shape index (κ2) is 4.75. The molecule has 1 aromatic rings. The lowest BCUT2D eigenvalue weighted by Gasteiger charge is -2.39. The van der Waals surface area contributed by atoms with E-state index >= 15 is 0 Å². The summed E-state index contributed by atoms with van der Waals surface area (Å²) < 4.78 is 1.94. The molecule has 0 atom stereocenters. The normalized spacial score (nSPS) is 23.9. The van der Waals surface area contributed by atoms with Gasteiger partial charge in [-0.3, -0.25) is 0 Å². The zero-order valence-electron chi connectivity index (χ0n) is 11.7. The van der Waals surface area contributed by atoms with E-state index in [0.29, 0.717) is 18.0 Å². The minimum atomic E-state index is 0.0932. The van der Waals surface area contributed by atoms with E-state index in [1.54, 1.807) is 0 Å². The predicted octanol–water partition coefficient (Wildman–Crippen LogP) is 1.66. The number of likely N-dealkylation sites (tertiary alicyclic amines) is 1. The Morgan fingerprint density at radius 1 is 1.20 bits per heavy atom. The minimum Gasteiger partial charge on any atom is -0.335 e. The van der Waals surface area contributed by atoms with Crippen LogP contribution in [-0.2, 0) is 0 Å². The number of carbonyl (C=O) groups is 1. The van der Waals surface area contributed by atoms with E-state index in [4.69, 9.17) is 0 Å². The Bertz CT molecular complexity index is 497. The van der Waals surface area contributed by atoms with Crippen LogP contribution in [0, 0.1) is 0 Å². The van der Waals surface area contributed by atoms with Crippen molar-refractivity contribution in [3.8, 4) is 0 Å². The van der Waals surface area contributed by atoms with Crippen LogP contribution in [0.5, 0.6) is 0 Å². The Morgan fingerprint density at radius 2 is 1.95 bits per heavy atom. The second-order valence-corrected chi connectivity index (χ2v) is 6.39. The van der Waals surface area contributed by atoms with Crippen molar-refractivity contribution in [2.75, 3.05) is 13.1 Å². The van der Waals surface area contributed by atoms with E-state index in [2.05, 4.69) is 21.8 Å². The maximum Gasteiger partial charge on any atom is 0.317 e.